The van der Waals surface area contributed by atoms with Crippen molar-refractivity contribution in [3.05, 3.63) is 66.5 Å². The van der Waals surface area contributed by atoms with Crippen LogP contribution in [-0.2, 0) is 10.0 Å². The van der Waals surface area contributed by atoms with E-state index in [4.69, 9.17) is 9.47 Å². The Bertz CT molecular complexity index is 1180. The lowest BCUT2D eigenvalue weighted by Gasteiger charge is -2.12. The Labute approximate surface area is 193 Å². The number of aromatic nitrogens is 2. The highest BCUT2D eigenvalue weighted by Gasteiger charge is 2.17. The highest BCUT2D eigenvalue weighted by molar-refractivity contribution is 7.92. The zero-order chi connectivity index (χ0) is 23.7. The van der Waals surface area contributed by atoms with Crippen LogP contribution in [-0.4, -0.2) is 38.0 Å². The van der Waals surface area contributed by atoms with Gasteiger partial charge < -0.3 is 14.8 Å². The number of rotatable bonds is 11. The van der Waals surface area contributed by atoms with Crippen LogP contribution in [0.25, 0.3) is 0 Å². The average Bonchev–Trinajstić information content (AvgIpc) is 2.82. The molecule has 10 heteroatoms. The van der Waals surface area contributed by atoms with E-state index in [-0.39, 0.29) is 22.5 Å². The number of benzene rings is 2. The third kappa shape index (κ3) is 6.66. The van der Waals surface area contributed by atoms with Gasteiger partial charge in [-0.05, 0) is 42.8 Å². The van der Waals surface area contributed by atoms with Crippen LogP contribution in [0, 0.1) is 0 Å². The molecule has 3 rings (SSSR count). The van der Waals surface area contributed by atoms with Crippen molar-refractivity contribution in [1.82, 2.24) is 9.97 Å². The van der Waals surface area contributed by atoms with E-state index in [9.17, 15) is 13.2 Å². The number of amides is 1. The van der Waals surface area contributed by atoms with E-state index < -0.39 is 10.0 Å². The summed E-state index contributed by atoms with van der Waals surface area (Å²) in [6.45, 7) is 2.65. The highest BCUT2D eigenvalue weighted by atomic mass is 32.2. The summed E-state index contributed by atoms with van der Waals surface area (Å²) in [5.41, 5.74) is 0.855. The van der Waals surface area contributed by atoms with Crippen molar-refractivity contribution in [3.63, 3.8) is 0 Å². The van der Waals surface area contributed by atoms with Gasteiger partial charge in [0.05, 0.1) is 24.2 Å². The summed E-state index contributed by atoms with van der Waals surface area (Å²) in [6, 6.07) is 14.2. The third-order valence-electron chi connectivity index (χ3n) is 4.65. The molecule has 0 radical (unpaired) electrons. The number of carbonyl (C=O) groups excluding carboxylic acids is 1. The Kier molecular flexibility index (Phi) is 8.20. The monoisotopic (exact) mass is 470 g/mol. The molecule has 0 aliphatic rings. The van der Waals surface area contributed by atoms with E-state index in [0.717, 1.165) is 19.3 Å². The first-order valence-electron chi connectivity index (χ1n) is 10.4. The van der Waals surface area contributed by atoms with Crippen LogP contribution in [0.5, 0.6) is 11.6 Å². The largest absolute Gasteiger partial charge is 0.493 e. The summed E-state index contributed by atoms with van der Waals surface area (Å²) in [6.07, 6.45) is 4.25. The molecule has 1 aromatic heterocycles. The van der Waals surface area contributed by atoms with Crippen molar-refractivity contribution in [2.45, 2.75) is 31.1 Å². The summed E-state index contributed by atoms with van der Waals surface area (Å²) >= 11 is 0. The molecule has 0 aliphatic heterocycles. The first-order chi connectivity index (χ1) is 15.9. The number of anilines is 2. The first kappa shape index (κ1) is 24.0. The molecule has 0 saturated carbocycles. The lowest BCUT2D eigenvalue weighted by Crippen LogP contribution is -2.15. The van der Waals surface area contributed by atoms with E-state index in [1.165, 1.54) is 43.8 Å². The van der Waals surface area contributed by atoms with Crippen LogP contribution in [0.2, 0.25) is 0 Å². The maximum atomic E-state index is 12.8. The molecular weight excluding hydrogens is 444 g/mol. The third-order valence-corrected chi connectivity index (χ3v) is 6.02. The van der Waals surface area contributed by atoms with Gasteiger partial charge in [0.2, 0.25) is 5.88 Å². The number of nitrogens with zero attached hydrogens (tertiary/aromatic N) is 2. The molecule has 3 aromatic rings. The number of sulfonamides is 1. The summed E-state index contributed by atoms with van der Waals surface area (Å²) in [4.78, 5) is 20.5. The smallest absolute Gasteiger partial charge is 0.263 e. The van der Waals surface area contributed by atoms with Gasteiger partial charge in [-0.3, -0.25) is 9.52 Å². The lowest BCUT2D eigenvalue weighted by atomic mass is 10.2. The maximum absolute atomic E-state index is 12.8. The minimum absolute atomic E-state index is 0.0118. The summed E-state index contributed by atoms with van der Waals surface area (Å²) in [7, 11) is -2.46. The number of nitrogens with one attached hydrogen (secondary N) is 2. The number of hydrogen-bond acceptors (Lipinski definition) is 7. The Morgan fingerprint density at radius 2 is 1.79 bits per heavy atom. The molecule has 1 amide bonds. The van der Waals surface area contributed by atoms with Crippen LogP contribution in [0.15, 0.2) is 65.8 Å². The van der Waals surface area contributed by atoms with Crippen molar-refractivity contribution in [3.8, 4) is 11.6 Å². The van der Waals surface area contributed by atoms with E-state index >= 15 is 0 Å². The van der Waals surface area contributed by atoms with E-state index in [1.54, 1.807) is 18.2 Å². The van der Waals surface area contributed by atoms with Crippen molar-refractivity contribution in [2.24, 2.45) is 0 Å². The molecule has 9 nitrogen and oxygen atoms in total. The van der Waals surface area contributed by atoms with Crippen LogP contribution < -0.4 is 19.5 Å². The summed E-state index contributed by atoms with van der Waals surface area (Å²) < 4.78 is 38.4. The van der Waals surface area contributed by atoms with Gasteiger partial charge in [0, 0.05) is 11.8 Å². The molecule has 174 valence electrons. The molecule has 0 bridgehead atoms. The van der Waals surface area contributed by atoms with Gasteiger partial charge in [-0.1, -0.05) is 31.9 Å². The highest BCUT2D eigenvalue weighted by Crippen LogP contribution is 2.22. The first-order valence-corrected chi connectivity index (χ1v) is 11.9. The second-order valence-corrected chi connectivity index (χ2v) is 8.76. The number of para-hydroxylation sites is 1. The Balaban J connectivity index is 1.67. The number of carbonyl (C=O) groups is 1. The number of ether oxygens (including phenoxy) is 2. The second kappa shape index (κ2) is 11.3. The van der Waals surface area contributed by atoms with Crippen LogP contribution in [0.4, 0.5) is 11.5 Å². The Hall–Kier alpha value is -3.66. The van der Waals surface area contributed by atoms with Crippen molar-refractivity contribution in [1.29, 1.82) is 0 Å². The van der Waals surface area contributed by atoms with E-state index in [0.29, 0.717) is 23.6 Å². The standard InChI is InChI=1S/C23H26N4O5S/c1-3-4-7-14-32-20-9-6-5-8-19(20)23(28)26-17-10-12-18(13-11-17)33(29,30)27-21-15-22(31-2)25-16-24-21/h5-6,8-13,15-16H,3-4,7,14H2,1-2H3,(H,26,28)(H,24,25,27). The molecule has 0 spiro atoms. The summed E-state index contributed by atoms with van der Waals surface area (Å²) in [5.74, 6) is 0.475. The maximum Gasteiger partial charge on any atom is 0.263 e. The quantitative estimate of drug-likeness (QED) is 0.405. The van der Waals surface area contributed by atoms with Crippen molar-refractivity contribution < 1.29 is 22.7 Å². The van der Waals surface area contributed by atoms with Gasteiger partial charge in [0.15, 0.2) is 0 Å². The fourth-order valence-corrected chi connectivity index (χ4v) is 3.93. The van der Waals surface area contributed by atoms with Gasteiger partial charge in [-0.15, -0.1) is 0 Å². The molecular formula is C23H26N4O5S. The van der Waals surface area contributed by atoms with E-state index in [1.807, 2.05) is 6.07 Å². The number of methoxy groups -OCH3 is 1. The van der Waals surface area contributed by atoms with Crippen LogP contribution in [0.3, 0.4) is 0 Å². The molecule has 0 unspecified atom stereocenters. The Morgan fingerprint density at radius 1 is 1.03 bits per heavy atom. The summed E-state index contributed by atoms with van der Waals surface area (Å²) in [5, 5.41) is 2.77. The number of unbranched alkanes of at least 4 members (excludes halogenated alkanes) is 2. The van der Waals surface area contributed by atoms with Gasteiger partial charge in [-0.2, -0.15) is 0 Å². The molecule has 33 heavy (non-hydrogen) atoms. The fraction of sp³-hybridized carbons (Fsp3) is 0.261. The fourth-order valence-electron chi connectivity index (χ4n) is 2.93. The molecule has 0 fully saturated rings. The number of hydrogen-bond donors (Lipinski definition) is 2. The second-order valence-electron chi connectivity index (χ2n) is 7.08. The molecule has 1 heterocycles. The van der Waals surface area contributed by atoms with Gasteiger partial charge in [-0.25, -0.2) is 18.4 Å². The lowest BCUT2D eigenvalue weighted by molar-refractivity contribution is 0.102. The average molecular weight is 471 g/mol. The SMILES string of the molecule is CCCCCOc1ccccc1C(=O)Nc1ccc(S(=O)(=O)Nc2cc(OC)ncn2)cc1. The minimum Gasteiger partial charge on any atom is -0.493 e. The predicted molar refractivity (Wildman–Crippen MR) is 125 cm³/mol. The van der Waals surface area contributed by atoms with Crippen LogP contribution in [0.1, 0.15) is 36.5 Å². The van der Waals surface area contributed by atoms with Gasteiger partial charge in [0.1, 0.15) is 17.9 Å². The van der Waals surface area contributed by atoms with Crippen LogP contribution >= 0.6 is 0 Å². The van der Waals surface area contributed by atoms with Gasteiger partial charge in [0.25, 0.3) is 15.9 Å². The molecule has 0 atom stereocenters. The molecule has 0 saturated heterocycles. The normalized spacial score (nSPS) is 11.0. The molecule has 2 aromatic carbocycles. The van der Waals surface area contributed by atoms with Crippen molar-refractivity contribution in [2.75, 3.05) is 23.8 Å². The van der Waals surface area contributed by atoms with Crippen molar-refractivity contribution >= 4 is 27.4 Å². The Morgan fingerprint density at radius 3 is 2.52 bits per heavy atom. The predicted octanol–water partition coefficient (Wildman–Crippen LogP) is 4.11. The zero-order valence-electron chi connectivity index (χ0n) is 18.4. The molecule has 0 aliphatic carbocycles. The zero-order valence-corrected chi connectivity index (χ0v) is 19.3. The molecule has 2 N–H and O–H groups in total. The van der Waals surface area contributed by atoms with Gasteiger partial charge >= 0.3 is 0 Å². The van der Waals surface area contributed by atoms with E-state index in [2.05, 4.69) is 26.9 Å². The minimum atomic E-state index is -3.89. The topological polar surface area (TPSA) is 120 Å².